The molecule has 3 heterocycles. The number of hydrogen-bond acceptors (Lipinski definition) is 6. The molecule has 0 fully saturated rings. The number of hydrogen-bond donors (Lipinski definition) is 1. The van der Waals surface area contributed by atoms with Crippen LogP contribution >= 0.6 is 0 Å². The predicted molar refractivity (Wildman–Crippen MR) is 110 cm³/mol. The lowest BCUT2D eigenvalue weighted by Gasteiger charge is -2.17. The fraction of sp³-hybridized carbons (Fsp3) is 0.182. The molecule has 1 aliphatic rings. The summed E-state index contributed by atoms with van der Waals surface area (Å²) in [5.41, 5.74) is 3.70. The highest BCUT2D eigenvalue weighted by molar-refractivity contribution is 6.05. The van der Waals surface area contributed by atoms with E-state index in [1.807, 2.05) is 6.08 Å². The van der Waals surface area contributed by atoms with E-state index in [9.17, 15) is 18.0 Å². The zero-order chi connectivity index (χ0) is 22.6. The first-order valence-electron chi connectivity index (χ1n) is 9.59. The number of nitrogens with one attached hydrogen (secondary N) is 1. The Hall–Kier alpha value is -3.79. The van der Waals surface area contributed by atoms with Gasteiger partial charge >= 0.3 is 6.36 Å². The predicted octanol–water partition coefficient (Wildman–Crippen LogP) is 4.49. The zero-order valence-electron chi connectivity index (χ0n) is 16.6. The van der Waals surface area contributed by atoms with E-state index >= 15 is 0 Å². The molecule has 4 rings (SSSR count). The normalized spacial score (nSPS) is 13.9. The Kier molecular flexibility index (Phi) is 6.13. The molecule has 0 spiro atoms. The van der Waals surface area contributed by atoms with E-state index in [0.29, 0.717) is 42.1 Å². The van der Waals surface area contributed by atoms with Crippen molar-refractivity contribution in [3.05, 3.63) is 72.6 Å². The van der Waals surface area contributed by atoms with E-state index < -0.39 is 12.3 Å². The van der Waals surface area contributed by atoms with Gasteiger partial charge in [0.1, 0.15) is 12.1 Å². The van der Waals surface area contributed by atoms with Gasteiger partial charge in [0.2, 0.25) is 0 Å². The summed E-state index contributed by atoms with van der Waals surface area (Å²) in [6.45, 7) is 1.06. The number of nitrogens with zero attached hydrogens (tertiary/aromatic N) is 3. The largest absolute Gasteiger partial charge is 0.573 e. The van der Waals surface area contributed by atoms with E-state index in [1.54, 1.807) is 18.5 Å². The van der Waals surface area contributed by atoms with Crippen LogP contribution in [0.2, 0.25) is 0 Å². The molecule has 164 valence electrons. The number of benzene rings is 1. The molecule has 1 aliphatic heterocycles. The van der Waals surface area contributed by atoms with Gasteiger partial charge in [-0.1, -0.05) is 6.08 Å². The zero-order valence-corrected chi connectivity index (χ0v) is 16.6. The van der Waals surface area contributed by atoms with Crippen molar-refractivity contribution >= 4 is 17.2 Å². The maximum atomic E-state index is 12.8. The molecule has 0 radical (unpaired) electrons. The number of amides is 1. The van der Waals surface area contributed by atoms with Gasteiger partial charge in [-0.05, 0) is 42.3 Å². The monoisotopic (exact) mass is 442 g/mol. The number of carbonyl (C=O) groups is 1. The molecule has 0 unspecified atom stereocenters. The minimum absolute atomic E-state index is 0.274. The summed E-state index contributed by atoms with van der Waals surface area (Å²) in [4.78, 5) is 25.4. The van der Waals surface area contributed by atoms with Crippen molar-refractivity contribution < 1.29 is 27.4 Å². The summed E-state index contributed by atoms with van der Waals surface area (Å²) in [6.07, 6.45) is 3.98. The Balaban J connectivity index is 1.59. The lowest BCUT2D eigenvalue weighted by Crippen LogP contribution is -2.17. The Morgan fingerprint density at radius 2 is 1.84 bits per heavy atom. The van der Waals surface area contributed by atoms with Crippen LogP contribution in [-0.2, 0) is 4.74 Å². The van der Waals surface area contributed by atoms with Crippen LogP contribution in [0.1, 0.15) is 22.5 Å². The van der Waals surface area contributed by atoms with Crippen molar-refractivity contribution in [2.45, 2.75) is 12.8 Å². The van der Waals surface area contributed by atoms with Gasteiger partial charge in [-0.25, -0.2) is 9.97 Å². The Bertz CT molecular complexity index is 1130. The van der Waals surface area contributed by atoms with Crippen molar-refractivity contribution in [3.8, 4) is 16.9 Å². The highest BCUT2D eigenvalue weighted by Gasteiger charge is 2.31. The van der Waals surface area contributed by atoms with Gasteiger partial charge in [0.25, 0.3) is 5.91 Å². The molecule has 1 N–H and O–H groups in total. The quantitative estimate of drug-likeness (QED) is 0.627. The molecule has 32 heavy (non-hydrogen) atoms. The van der Waals surface area contributed by atoms with Gasteiger partial charge in [0.15, 0.2) is 0 Å². The van der Waals surface area contributed by atoms with Crippen LogP contribution in [-0.4, -0.2) is 40.4 Å². The minimum atomic E-state index is -4.78. The van der Waals surface area contributed by atoms with Gasteiger partial charge < -0.3 is 14.8 Å². The molecule has 0 atom stereocenters. The number of pyridine rings is 1. The summed E-state index contributed by atoms with van der Waals surface area (Å²) in [7, 11) is 0. The fourth-order valence-corrected chi connectivity index (χ4v) is 3.19. The smallest absolute Gasteiger partial charge is 0.406 e. The van der Waals surface area contributed by atoms with Crippen LogP contribution in [0.4, 0.5) is 18.9 Å². The van der Waals surface area contributed by atoms with E-state index in [2.05, 4.69) is 25.0 Å². The van der Waals surface area contributed by atoms with Crippen molar-refractivity contribution in [2.75, 3.05) is 18.5 Å². The first kappa shape index (κ1) is 21.4. The molecule has 1 amide bonds. The van der Waals surface area contributed by atoms with Crippen LogP contribution in [0.3, 0.4) is 0 Å². The molecule has 0 bridgehead atoms. The SMILES string of the molecule is O=C(Nc1ccc(OC(F)(F)F)cc1)c1cnc(C2=CCOCC2)c(-c2cncnc2)c1. The number of rotatable bonds is 5. The molecule has 0 saturated heterocycles. The topological polar surface area (TPSA) is 86.2 Å². The third-order valence-corrected chi connectivity index (χ3v) is 4.63. The molecule has 3 aromatic rings. The van der Waals surface area contributed by atoms with Crippen LogP contribution in [0.15, 0.2) is 61.3 Å². The van der Waals surface area contributed by atoms with Crippen molar-refractivity contribution in [1.29, 1.82) is 0 Å². The van der Waals surface area contributed by atoms with Gasteiger partial charge in [0.05, 0.1) is 24.5 Å². The van der Waals surface area contributed by atoms with Gasteiger partial charge in [0, 0.05) is 35.4 Å². The number of aromatic nitrogens is 3. The lowest BCUT2D eigenvalue weighted by molar-refractivity contribution is -0.274. The number of ether oxygens (including phenoxy) is 2. The second-order valence-electron chi connectivity index (χ2n) is 6.83. The summed E-state index contributed by atoms with van der Waals surface area (Å²) in [5, 5.41) is 2.64. The Morgan fingerprint density at radius 3 is 2.50 bits per heavy atom. The lowest BCUT2D eigenvalue weighted by atomic mass is 9.97. The molecule has 2 aromatic heterocycles. The summed E-state index contributed by atoms with van der Waals surface area (Å²) >= 11 is 0. The fourth-order valence-electron chi connectivity index (χ4n) is 3.19. The molecule has 0 aliphatic carbocycles. The molecule has 7 nitrogen and oxygen atoms in total. The summed E-state index contributed by atoms with van der Waals surface area (Å²) < 4.78 is 46.1. The molecular weight excluding hydrogens is 425 g/mol. The van der Waals surface area contributed by atoms with Crippen LogP contribution in [0.5, 0.6) is 5.75 Å². The first-order chi connectivity index (χ1) is 15.4. The molecule has 0 saturated carbocycles. The van der Waals surface area contributed by atoms with Crippen molar-refractivity contribution in [3.63, 3.8) is 0 Å². The van der Waals surface area contributed by atoms with Crippen LogP contribution in [0.25, 0.3) is 16.7 Å². The number of halogens is 3. The molecular formula is C22H17F3N4O3. The first-order valence-corrected chi connectivity index (χ1v) is 9.59. The second-order valence-corrected chi connectivity index (χ2v) is 6.83. The van der Waals surface area contributed by atoms with Crippen LogP contribution < -0.4 is 10.1 Å². The van der Waals surface area contributed by atoms with E-state index in [4.69, 9.17) is 4.74 Å². The van der Waals surface area contributed by atoms with E-state index in [-0.39, 0.29) is 11.3 Å². The minimum Gasteiger partial charge on any atom is -0.406 e. The van der Waals surface area contributed by atoms with Gasteiger partial charge in [-0.15, -0.1) is 13.2 Å². The Labute approximate surface area is 180 Å². The number of alkyl halides is 3. The average molecular weight is 442 g/mol. The Morgan fingerprint density at radius 1 is 1.09 bits per heavy atom. The number of anilines is 1. The maximum absolute atomic E-state index is 12.8. The van der Waals surface area contributed by atoms with Crippen molar-refractivity contribution in [1.82, 2.24) is 15.0 Å². The third kappa shape index (κ3) is 5.27. The average Bonchev–Trinajstić information content (AvgIpc) is 2.80. The van der Waals surface area contributed by atoms with Crippen molar-refractivity contribution in [2.24, 2.45) is 0 Å². The van der Waals surface area contributed by atoms with Gasteiger partial charge in [-0.3, -0.25) is 9.78 Å². The second kappa shape index (κ2) is 9.15. The maximum Gasteiger partial charge on any atom is 0.573 e. The summed E-state index contributed by atoms with van der Waals surface area (Å²) in [5.74, 6) is -0.842. The third-order valence-electron chi connectivity index (χ3n) is 4.63. The highest BCUT2D eigenvalue weighted by Crippen LogP contribution is 2.31. The number of carbonyl (C=O) groups excluding carboxylic acids is 1. The van der Waals surface area contributed by atoms with Crippen LogP contribution in [0, 0.1) is 0 Å². The summed E-state index contributed by atoms with van der Waals surface area (Å²) in [6, 6.07) is 6.57. The van der Waals surface area contributed by atoms with E-state index in [1.165, 1.54) is 24.7 Å². The molecule has 1 aromatic carbocycles. The van der Waals surface area contributed by atoms with Gasteiger partial charge in [-0.2, -0.15) is 0 Å². The van der Waals surface area contributed by atoms with E-state index in [0.717, 1.165) is 17.7 Å². The molecule has 10 heteroatoms. The highest BCUT2D eigenvalue weighted by atomic mass is 19.4. The standard InChI is InChI=1S/C22H17F3N4O3/c23-22(24,25)32-18-3-1-17(2-4-18)29-21(30)15-9-19(16-10-26-13-27-11-16)20(28-12-15)14-5-7-31-8-6-14/h1-5,9-13H,6-8H2,(H,29,30).